The van der Waals surface area contributed by atoms with Gasteiger partial charge in [0, 0.05) is 24.8 Å². The summed E-state index contributed by atoms with van der Waals surface area (Å²) in [6, 6.07) is 23.2. The molecule has 0 bridgehead atoms. The summed E-state index contributed by atoms with van der Waals surface area (Å²) in [5, 5.41) is 0. The van der Waals surface area contributed by atoms with Crippen LogP contribution >= 0.6 is 34.5 Å². The second-order valence-corrected chi connectivity index (χ2v) is 8.57. The van der Waals surface area contributed by atoms with Gasteiger partial charge < -0.3 is 0 Å². The fourth-order valence-electron chi connectivity index (χ4n) is 2.34. The monoisotopic (exact) mass is 678 g/mol. The van der Waals surface area contributed by atoms with E-state index in [2.05, 4.69) is 29.9 Å². The van der Waals surface area contributed by atoms with Crippen LogP contribution in [-0.2, 0) is 16.4 Å². The van der Waals surface area contributed by atoms with Crippen LogP contribution in [0, 0.1) is 0 Å². The third-order valence-corrected chi connectivity index (χ3v) is 5.89. The molecule has 5 heterocycles. The molecule has 0 amide bonds. The predicted octanol–water partition coefficient (Wildman–Crippen LogP) is 5.40. The van der Waals surface area contributed by atoms with Crippen molar-refractivity contribution in [3.05, 3.63) is 110 Å². The molecule has 0 aliphatic rings. The van der Waals surface area contributed by atoms with E-state index in [9.17, 15) is 0 Å². The quantitative estimate of drug-likeness (QED) is 0.277. The number of H-pyrrole nitrogens is 1. The second kappa shape index (κ2) is 16.9. The molecule has 0 aromatic carbocycles. The second-order valence-electron chi connectivity index (χ2n) is 5.80. The van der Waals surface area contributed by atoms with E-state index in [1.54, 1.807) is 37.2 Å². The largest absolute Gasteiger partial charge is 0.255 e. The van der Waals surface area contributed by atoms with Gasteiger partial charge in [-0.1, -0.05) is 24.3 Å². The molecule has 1 N–H and O–H groups in total. The fraction of sp³-hybridized carbons (Fsp3) is 0. The minimum atomic E-state index is -0.561. The number of nitrogens with one attached hydrogen (secondary N) is 1. The maximum Gasteiger partial charge on any atom is 0.0886 e. The summed E-state index contributed by atoms with van der Waals surface area (Å²) in [5.41, 5.74) is 3.66. The van der Waals surface area contributed by atoms with Crippen molar-refractivity contribution in [3.8, 4) is 22.8 Å². The smallest absolute Gasteiger partial charge is 0.0886 e. The van der Waals surface area contributed by atoms with E-state index in [4.69, 9.17) is 9.64 Å². The van der Waals surface area contributed by atoms with Gasteiger partial charge in [0.15, 0.2) is 0 Å². The maximum atomic E-state index is 5.51. The molecule has 0 aliphatic carbocycles. The molecule has 10 heteroatoms. The van der Waals surface area contributed by atoms with Crippen molar-refractivity contribution >= 4 is 38.8 Å². The zero-order valence-corrected chi connectivity index (χ0v) is 22.1. The van der Waals surface area contributed by atoms with Crippen LogP contribution in [0.5, 0.6) is 0 Å². The molecule has 5 aromatic rings. The first-order valence-corrected chi connectivity index (χ1v) is 13.7. The van der Waals surface area contributed by atoms with Crippen molar-refractivity contribution in [3.63, 3.8) is 0 Å². The molecule has 6 nitrogen and oxygen atoms in total. The molecular formula is C23H21Cl3N6Os. The van der Waals surface area contributed by atoms with Gasteiger partial charge in [0.25, 0.3) is 0 Å². The number of rotatable bonds is 3. The summed E-state index contributed by atoms with van der Waals surface area (Å²) >= 11 is -0.561. The molecule has 0 spiro atoms. The van der Waals surface area contributed by atoms with Crippen LogP contribution in [0.3, 0.4) is 0 Å². The molecule has 5 rings (SSSR count). The first-order chi connectivity index (χ1) is 15.4. The topological polar surface area (TPSA) is 80.2 Å². The van der Waals surface area contributed by atoms with Gasteiger partial charge in [-0.3, -0.25) is 19.9 Å². The number of nitrogens with zero attached hydrogens (tertiary/aromatic N) is 5. The number of halogens is 3. The number of imidazole rings is 1. The predicted molar refractivity (Wildman–Crippen MR) is 134 cm³/mol. The van der Waals surface area contributed by atoms with Gasteiger partial charge in [-0.05, 0) is 48.5 Å². The number of aromatic nitrogens is 6. The van der Waals surface area contributed by atoms with E-state index in [-0.39, 0.29) is 24.8 Å². The SMILES string of the molecule is Cl.Cl.[Cl][Os][c]1ncc[nH]1.c1ccc(-c2ccccn2)nc1.c1ccc(-c2ccccn2)nc1. The van der Waals surface area contributed by atoms with Gasteiger partial charge in [0.1, 0.15) is 0 Å². The van der Waals surface area contributed by atoms with E-state index < -0.39 is 16.4 Å². The number of hydrogen-bond acceptors (Lipinski definition) is 5. The average Bonchev–Trinajstić information content (AvgIpc) is 3.41. The van der Waals surface area contributed by atoms with Crippen molar-refractivity contribution in [1.29, 1.82) is 0 Å². The number of hydrogen-bond donors (Lipinski definition) is 1. The number of aromatic amines is 1. The molecule has 0 atom stereocenters. The summed E-state index contributed by atoms with van der Waals surface area (Å²) in [7, 11) is 5.51. The van der Waals surface area contributed by atoms with Crippen molar-refractivity contribution in [2.75, 3.05) is 0 Å². The standard InChI is InChI=1S/2C10H8N2.C3H3N2.3ClH.Os/c2*1-3-7-11-9(5-1)10-6-2-4-8-12-10;1-2-5-3-4-1;;;;/h2*1-8H;1-2H,(H,4,5);3*1H;/q;;;;;;+1/p-1. The van der Waals surface area contributed by atoms with Gasteiger partial charge in [0.2, 0.25) is 0 Å². The van der Waals surface area contributed by atoms with Crippen LogP contribution < -0.4 is 4.38 Å². The molecule has 0 radical (unpaired) electrons. The van der Waals surface area contributed by atoms with E-state index in [1.807, 2.05) is 72.8 Å². The third kappa shape index (κ3) is 10.2. The summed E-state index contributed by atoms with van der Waals surface area (Å²) < 4.78 is 0.960. The molecule has 172 valence electrons. The Kier molecular flexibility index (Phi) is 14.5. The zero-order chi connectivity index (χ0) is 21.6. The normalized spacial score (nSPS) is 9.12. The Balaban J connectivity index is 0.000000249. The fourth-order valence-corrected chi connectivity index (χ4v) is 3.60. The summed E-state index contributed by atoms with van der Waals surface area (Å²) in [6.07, 6.45) is 10.6. The molecule has 0 aliphatic heterocycles. The Morgan fingerprint density at radius 2 is 0.879 bits per heavy atom. The molecule has 0 unspecified atom stereocenters. The first kappa shape index (κ1) is 28.3. The van der Waals surface area contributed by atoms with Gasteiger partial charge >= 0.3 is 52.8 Å². The Bertz CT molecular complexity index is 954. The van der Waals surface area contributed by atoms with Crippen LogP contribution in [-0.4, -0.2) is 29.9 Å². The van der Waals surface area contributed by atoms with Crippen LogP contribution in [0.1, 0.15) is 0 Å². The Labute approximate surface area is 217 Å². The van der Waals surface area contributed by atoms with E-state index in [0.29, 0.717) is 0 Å². The van der Waals surface area contributed by atoms with Crippen molar-refractivity contribution in [2.45, 2.75) is 0 Å². The van der Waals surface area contributed by atoms with Gasteiger partial charge in [-0.2, -0.15) is 0 Å². The molecule has 0 saturated carbocycles. The first-order valence-electron chi connectivity index (χ1n) is 9.25. The Hall–Kier alpha value is -2.68. The van der Waals surface area contributed by atoms with Gasteiger partial charge in [0.05, 0.1) is 22.8 Å². The van der Waals surface area contributed by atoms with Gasteiger partial charge in [-0.15, -0.1) is 24.8 Å². The summed E-state index contributed by atoms with van der Waals surface area (Å²) in [4.78, 5) is 23.6. The molecule has 33 heavy (non-hydrogen) atoms. The van der Waals surface area contributed by atoms with E-state index in [0.717, 1.165) is 27.2 Å². The van der Waals surface area contributed by atoms with E-state index >= 15 is 0 Å². The third-order valence-electron chi connectivity index (χ3n) is 3.71. The maximum absolute atomic E-state index is 5.51. The van der Waals surface area contributed by atoms with Crippen LogP contribution in [0.4, 0.5) is 0 Å². The van der Waals surface area contributed by atoms with E-state index in [1.165, 1.54) is 0 Å². The van der Waals surface area contributed by atoms with Crippen LogP contribution in [0.2, 0.25) is 0 Å². The summed E-state index contributed by atoms with van der Waals surface area (Å²) in [6.45, 7) is 0. The van der Waals surface area contributed by atoms with Crippen molar-refractivity contribution in [1.82, 2.24) is 29.9 Å². The van der Waals surface area contributed by atoms with Crippen molar-refractivity contribution in [2.24, 2.45) is 0 Å². The molecule has 0 fully saturated rings. The van der Waals surface area contributed by atoms with Crippen LogP contribution in [0.25, 0.3) is 22.8 Å². The number of pyridine rings is 4. The minimum Gasteiger partial charge on any atom is -0.255 e. The van der Waals surface area contributed by atoms with Crippen LogP contribution in [0.15, 0.2) is 110 Å². The minimum absolute atomic E-state index is 0. The van der Waals surface area contributed by atoms with Gasteiger partial charge in [-0.25, -0.2) is 0 Å². The Morgan fingerprint density at radius 1 is 0.515 bits per heavy atom. The Morgan fingerprint density at radius 3 is 1.06 bits per heavy atom. The van der Waals surface area contributed by atoms with Crippen molar-refractivity contribution < 1.29 is 16.4 Å². The molecular weight excluding hydrogens is 657 g/mol. The summed E-state index contributed by atoms with van der Waals surface area (Å²) in [5.74, 6) is 0. The molecule has 5 aromatic heterocycles. The average molecular weight is 678 g/mol. The zero-order valence-electron chi connectivity index (χ0n) is 17.2. The molecule has 0 saturated heterocycles.